The highest BCUT2D eigenvalue weighted by molar-refractivity contribution is 7.12. The van der Waals surface area contributed by atoms with Crippen molar-refractivity contribution in [1.82, 2.24) is 0 Å². The van der Waals surface area contributed by atoms with Crippen molar-refractivity contribution in [2.24, 2.45) is 0 Å². The molecule has 0 fully saturated rings. The molecule has 1 heterocycles. The minimum Gasteiger partial charge on any atom is -0.288 e. The van der Waals surface area contributed by atoms with Gasteiger partial charge < -0.3 is 0 Å². The van der Waals surface area contributed by atoms with Gasteiger partial charge in [0.2, 0.25) is 5.78 Å². The van der Waals surface area contributed by atoms with Crippen molar-refractivity contribution in [2.45, 2.75) is 13.8 Å². The molecule has 16 heavy (non-hydrogen) atoms. The van der Waals surface area contributed by atoms with Gasteiger partial charge in [0.05, 0.1) is 4.88 Å². The second-order valence-electron chi connectivity index (χ2n) is 3.72. The van der Waals surface area contributed by atoms with E-state index in [0.29, 0.717) is 21.6 Å². The van der Waals surface area contributed by atoms with Crippen LogP contribution in [0.2, 0.25) is 0 Å². The Morgan fingerprint density at radius 1 is 1.25 bits per heavy atom. The third kappa shape index (κ3) is 1.91. The van der Waals surface area contributed by atoms with Gasteiger partial charge in [0.15, 0.2) is 0 Å². The Balaban J connectivity index is 2.53. The first-order valence-electron chi connectivity index (χ1n) is 4.94. The number of carbonyl (C=O) groups excluding carboxylic acids is 1. The zero-order chi connectivity index (χ0) is 11.7. The monoisotopic (exact) mass is 234 g/mol. The van der Waals surface area contributed by atoms with Gasteiger partial charge in [-0.25, -0.2) is 4.39 Å². The molecule has 0 atom stereocenters. The predicted molar refractivity (Wildman–Crippen MR) is 63.6 cm³/mol. The molecule has 2 rings (SSSR count). The minimum absolute atomic E-state index is 0.0231. The van der Waals surface area contributed by atoms with Crippen LogP contribution >= 0.6 is 11.3 Å². The fraction of sp³-hybridized carbons (Fsp3) is 0.154. The third-order valence-electron chi connectivity index (χ3n) is 2.47. The van der Waals surface area contributed by atoms with Crippen LogP contribution in [0.3, 0.4) is 0 Å². The van der Waals surface area contributed by atoms with E-state index in [1.165, 1.54) is 23.5 Å². The molecule has 0 aliphatic carbocycles. The van der Waals surface area contributed by atoms with Crippen LogP contribution in [0, 0.1) is 19.7 Å². The lowest BCUT2D eigenvalue weighted by atomic mass is 9.98. The maximum absolute atomic E-state index is 13.1. The summed E-state index contributed by atoms with van der Waals surface area (Å²) in [6.07, 6.45) is 0. The lowest BCUT2D eigenvalue weighted by Crippen LogP contribution is -2.05. The summed E-state index contributed by atoms with van der Waals surface area (Å²) in [5.41, 5.74) is 2.00. The Morgan fingerprint density at radius 2 is 1.88 bits per heavy atom. The summed E-state index contributed by atoms with van der Waals surface area (Å²) in [4.78, 5) is 12.8. The van der Waals surface area contributed by atoms with E-state index in [9.17, 15) is 9.18 Å². The number of ketones is 1. The Morgan fingerprint density at radius 3 is 2.38 bits per heavy atom. The van der Waals surface area contributed by atoms with E-state index < -0.39 is 0 Å². The second kappa shape index (κ2) is 4.18. The van der Waals surface area contributed by atoms with Crippen molar-refractivity contribution >= 4 is 17.1 Å². The summed E-state index contributed by atoms with van der Waals surface area (Å²) >= 11 is 1.40. The van der Waals surface area contributed by atoms with Crippen LogP contribution in [0.4, 0.5) is 4.39 Å². The predicted octanol–water partition coefficient (Wildman–Crippen LogP) is 3.74. The third-order valence-corrected chi connectivity index (χ3v) is 3.34. The van der Waals surface area contributed by atoms with Gasteiger partial charge in [-0.05, 0) is 48.6 Å². The fourth-order valence-corrected chi connectivity index (χ4v) is 2.47. The van der Waals surface area contributed by atoms with Gasteiger partial charge in [-0.15, -0.1) is 11.3 Å². The van der Waals surface area contributed by atoms with E-state index in [0.717, 1.165) is 0 Å². The smallest absolute Gasteiger partial charge is 0.203 e. The van der Waals surface area contributed by atoms with Crippen LogP contribution in [0.25, 0.3) is 0 Å². The van der Waals surface area contributed by atoms with E-state index in [-0.39, 0.29) is 11.6 Å². The Hall–Kier alpha value is -1.48. The van der Waals surface area contributed by atoms with Crippen LogP contribution in [0.15, 0.2) is 29.6 Å². The highest BCUT2D eigenvalue weighted by Crippen LogP contribution is 2.22. The first-order chi connectivity index (χ1) is 7.59. The number of carbonyl (C=O) groups is 1. The lowest BCUT2D eigenvalue weighted by molar-refractivity contribution is 0.104. The van der Waals surface area contributed by atoms with Crippen LogP contribution in [0.1, 0.15) is 26.4 Å². The summed E-state index contributed by atoms with van der Waals surface area (Å²) in [6, 6.07) is 6.42. The zero-order valence-electron chi connectivity index (χ0n) is 9.08. The summed E-state index contributed by atoms with van der Waals surface area (Å²) in [5, 5.41) is 1.86. The molecule has 3 heteroatoms. The van der Waals surface area contributed by atoms with Gasteiger partial charge in [0.1, 0.15) is 5.82 Å². The van der Waals surface area contributed by atoms with Gasteiger partial charge in [0.25, 0.3) is 0 Å². The zero-order valence-corrected chi connectivity index (χ0v) is 9.90. The number of rotatable bonds is 2. The number of aryl methyl sites for hydroxylation is 2. The molecular weight excluding hydrogens is 223 g/mol. The van der Waals surface area contributed by atoms with Gasteiger partial charge in [0, 0.05) is 5.56 Å². The molecule has 0 saturated heterocycles. The molecular formula is C13H11FOS. The Kier molecular flexibility index (Phi) is 2.88. The number of benzene rings is 1. The molecule has 1 nitrogen and oxygen atoms in total. The topological polar surface area (TPSA) is 17.1 Å². The molecule has 0 aliphatic rings. The maximum Gasteiger partial charge on any atom is 0.203 e. The molecule has 0 amide bonds. The van der Waals surface area contributed by atoms with E-state index in [2.05, 4.69) is 0 Å². The normalized spacial score (nSPS) is 10.4. The Labute approximate surface area is 97.6 Å². The van der Waals surface area contributed by atoms with Crippen LogP contribution < -0.4 is 0 Å². The number of hydrogen-bond acceptors (Lipinski definition) is 2. The van der Waals surface area contributed by atoms with E-state index in [4.69, 9.17) is 0 Å². The first-order valence-corrected chi connectivity index (χ1v) is 5.82. The van der Waals surface area contributed by atoms with Gasteiger partial charge >= 0.3 is 0 Å². The van der Waals surface area contributed by atoms with E-state index in [1.807, 2.05) is 11.4 Å². The van der Waals surface area contributed by atoms with Crippen molar-refractivity contribution in [1.29, 1.82) is 0 Å². The minimum atomic E-state index is -0.294. The molecule has 2 aromatic rings. The van der Waals surface area contributed by atoms with E-state index >= 15 is 0 Å². The van der Waals surface area contributed by atoms with Crippen molar-refractivity contribution < 1.29 is 9.18 Å². The van der Waals surface area contributed by atoms with Crippen molar-refractivity contribution in [3.05, 3.63) is 57.0 Å². The molecule has 1 aromatic heterocycles. The first kappa shape index (κ1) is 11.0. The fourth-order valence-electron chi connectivity index (χ4n) is 1.80. The standard InChI is InChI=1S/C13H11FOS/c1-8-6-10(14)7-9(2)12(8)13(15)11-4-3-5-16-11/h3-7H,1-2H3. The summed E-state index contributed by atoms with van der Waals surface area (Å²) in [7, 11) is 0. The maximum atomic E-state index is 13.1. The molecule has 0 spiro atoms. The highest BCUT2D eigenvalue weighted by atomic mass is 32.1. The number of halogens is 1. The molecule has 0 bridgehead atoms. The SMILES string of the molecule is Cc1cc(F)cc(C)c1C(=O)c1cccs1. The Bertz CT molecular complexity index is 506. The van der Waals surface area contributed by atoms with Crippen molar-refractivity contribution in [3.63, 3.8) is 0 Å². The molecule has 0 radical (unpaired) electrons. The van der Waals surface area contributed by atoms with Gasteiger partial charge in [-0.3, -0.25) is 4.79 Å². The van der Waals surface area contributed by atoms with Crippen LogP contribution in [0.5, 0.6) is 0 Å². The summed E-state index contributed by atoms with van der Waals surface area (Å²) < 4.78 is 13.1. The van der Waals surface area contributed by atoms with Gasteiger partial charge in [-0.2, -0.15) is 0 Å². The molecule has 0 N–H and O–H groups in total. The van der Waals surface area contributed by atoms with Gasteiger partial charge in [-0.1, -0.05) is 6.07 Å². The van der Waals surface area contributed by atoms with Crippen LogP contribution in [-0.4, -0.2) is 5.78 Å². The number of hydrogen-bond donors (Lipinski definition) is 0. The van der Waals surface area contributed by atoms with Crippen LogP contribution in [-0.2, 0) is 0 Å². The average molecular weight is 234 g/mol. The van der Waals surface area contributed by atoms with Crippen molar-refractivity contribution in [2.75, 3.05) is 0 Å². The molecule has 0 saturated carbocycles. The summed E-state index contributed by atoms with van der Waals surface area (Å²) in [5.74, 6) is -0.317. The highest BCUT2D eigenvalue weighted by Gasteiger charge is 2.15. The largest absolute Gasteiger partial charge is 0.288 e. The van der Waals surface area contributed by atoms with E-state index in [1.54, 1.807) is 19.9 Å². The quantitative estimate of drug-likeness (QED) is 0.723. The summed E-state index contributed by atoms with van der Waals surface area (Å²) in [6.45, 7) is 3.52. The number of thiophene rings is 1. The average Bonchev–Trinajstić information content (AvgIpc) is 2.67. The second-order valence-corrected chi connectivity index (χ2v) is 4.67. The molecule has 82 valence electrons. The molecule has 0 unspecified atom stereocenters. The molecule has 1 aromatic carbocycles. The molecule has 0 aliphatic heterocycles. The lowest BCUT2D eigenvalue weighted by Gasteiger charge is -2.07. The van der Waals surface area contributed by atoms with Crippen molar-refractivity contribution in [3.8, 4) is 0 Å².